The van der Waals surface area contributed by atoms with Crippen LogP contribution in [-0.2, 0) is 23.9 Å². The molecule has 2 aliphatic heterocycles. The van der Waals surface area contributed by atoms with Crippen LogP contribution in [0, 0.1) is 0 Å². The second kappa shape index (κ2) is 18.4. The number of Topliss-reactive ketones (excluding diaryl/α,β-unsaturated/α-hetero) is 1. The molecule has 0 saturated carbocycles. The van der Waals surface area contributed by atoms with E-state index in [1.807, 2.05) is 97.1 Å². The number of ether oxygens (including phenoxy) is 2. The van der Waals surface area contributed by atoms with Crippen molar-refractivity contribution in [3.8, 4) is 0 Å². The maximum Gasteiger partial charge on any atom is 0.186 e. The lowest BCUT2D eigenvalue weighted by atomic mass is 10.2. The number of carbonyl (C=O) groups is 3. The summed E-state index contributed by atoms with van der Waals surface area (Å²) >= 11 is 0. The monoisotopic (exact) mass is 487 g/mol. The van der Waals surface area contributed by atoms with Gasteiger partial charge in [0.05, 0.1) is 13.2 Å². The average molecular weight is 488 g/mol. The summed E-state index contributed by atoms with van der Waals surface area (Å²) in [6.45, 7) is 2.76. The molecule has 0 radical (unpaired) electrons. The van der Waals surface area contributed by atoms with Crippen molar-refractivity contribution in [3.05, 3.63) is 120 Å². The minimum absolute atomic E-state index is 0. The lowest BCUT2D eigenvalue weighted by Crippen LogP contribution is -2.00. The Morgan fingerprint density at radius 3 is 1.53 bits per heavy atom. The van der Waals surface area contributed by atoms with Gasteiger partial charge >= 0.3 is 0 Å². The molecule has 2 unspecified atom stereocenters. The molecule has 0 aliphatic carbocycles. The summed E-state index contributed by atoms with van der Waals surface area (Å²) < 4.78 is 9.49. The fourth-order valence-corrected chi connectivity index (χ4v) is 2.45. The maximum atomic E-state index is 11.2. The van der Waals surface area contributed by atoms with Crippen molar-refractivity contribution in [2.24, 2.45) is 0 Å². The van der Waals surface area contributed by atoms with Gasteiger partial charge in [0.1, 0.15) is 18.5 Å². The van der Waals surface area contributed by atoms with Gasteiger partial charge in [0.15, 0.2) is 11.6 Å². The van der Waals surface area contributed by atoms with Crippen LogP contribution in [0.15, 0.2) is 109 Å². The first-order valence-electron chi connectivity index (χ1n) is 11.3. The molecule has 2 fully saturated rings. The number of carbonyl (C=O) groups excluding carboxylic acids is 3. The second-order valence-corrected chi connectivity index (χ2v) is 7.46. The highest BCUT2D eigenvalue weighted by atomic mass is 16.6. The molecule has 2 aliphatic rings. The second-order valence-electron chi connectivity index (χ2n) is 7.46. The van der Waals surface area contributed by atoms with Crippen molar-refractivity contribution in [2.45, 2.75) is 19.1 Å². The van der Waals surface area contributed by atoms with Crippen molar-refractivity contribution in [2.75, 3.05) is 13.2 Å². The van der Waals surface area contributed by atoms with Crippen LogP contribution in [0.2, 0.25) is 0 Å². The molecule has 36 heavy (non-hydrogen) atoms. The summed E-state index contributed by atoms with van der Waals surface area (Å²) in [5, 5.41) is 0. The molecular formula is C30H31O6-. The molecular weight excluding hydrogens is 456 g/mol. The van der Waals surface area contributed by atoms with Crippen LogP contribution in [-0.4, -0.2) is 48.8 Å². The van der Waals surface area contributed by atoms with E-state index in [1.54, 1.807) is 18.2 Å². The zero-order valence-electron chi connectivity index (χ0n) is 20.2. The van der Waals surface area contributed by atoms with Gasteiger partial charge in [-0.25, -0.2) is 0 Å². The minimum Gasteiger partial charge on any atom is -0.870 e. The lowest BCUT2D eigenvalue weighted by Gasteiger charge is -1.88. The zero-order valence-corrected chi connectivity index (χ0v) is 20.2. The summed E-state index contributed by atoms with van der Waals surface area (Å²) in [5.74, 6) is 0.191. The van der Waals surface area contributed by atoms with E-state index in [1.165, 1.54) is 13.0 Å². The first kappa shape index (κ1) is 30.1. The topological polar surface area (TPSA) is 106 Å². The normalized spacial score (nSPS) is 17.8. The predicted molar refractivity (Wildman–Crippen MR) is 142 cm³/mol. The Balaban J connectivity index is 0.000000297. The third-order valence-electron chi connectivity index (χ3n) is 4.51. The number of hydrogen-bond donors (Lipinski definition) is 0. The van der Waals surface area contributed by atoms with E-state index in [2.05, 4.69) is 4.74 Å². The van der Waals surface area contributed by atoms with Crippen molar-refractivity contribution >= 4 is 30.0 Å². The summed E-state index contributed by atoms with van der Waals surface area (Å²) in [4.78, 5) is 31.2. The summed E-state index contributed by atoms with van der Waals surface area (Å²) in [5.41, 5.74) is 2.29. The Bertz CT molecular complexity index is 1060. The highest BCUT2D eigenvalue weighted by Crippen LogP contribution is 2.10. The maximum absolute atomic E-state index is 11.2. The van der Waals surface area contributed by atoms with Gasteiger partial charge in [-0.2, -0.15) is 0 Å². The van der Waals surface area contributed by atoms with Gasteiger partial charge in [0.2, 0.25) is 0 Å². The van der Waals surface area contributed by atoms with Crippen LogP contribution >= 0.6 is 0 Å². The summed E-state index contributed by atoms with van der Waals surface area (Å²) in [7, 11) is 0. The van der Waals surface area contributed by atoms with Crippen LogP contribution in [0.1, 0.15) is 18.1 Å². The SMILES string of the molecule is CC(=O)C1CO1.O=C(/C=C/C=C/C=C/c1ccccc1)C1CO1.O=C/C=C/C=C/c1ccccc1.[OH-]. The summed E-state index contributed by atoms with van der Waals surface area (Å²) in [6.07, 6.45) is 18.4. The molecule has 1 N–H and O–H groups in total. The van der Waals surface area contributed by atoms with E-state index >= 15 is 0 Å². The van der Waals surface area contributed by atoms with Gasteiger partial charge in [-0.3, -0.25) is 14.4 Å². The molecule has 188 valence electrons. The van der Waals surface area contributed by atoms with E-state index in [0.29, 0.717) is 13.2 Å². The van der Waals surface area contributed by atoms with Crippen LogP contribution in [0.4, 0.5) is 0 Å². The largest absolute Gasteiger partial charge is 0.870 e. The molecule has 0 bridgehead atoms. The summed E-state index contributed by atoms with van der Waals surface area (Å²) in [6, 6.07) is 20.0. The van der Waals surface area contributed by atoms with Gasteiger partial charge in [-0.15, -0.1) is 0 Å². The zero-order chi connectivity index (χ0) is 25.1. The van der Waals surface area contributed by atoms with Gasteiger partial charge < -0.3 is 14.9 Å². The average Bonchev–Trinajstić information content (AvgIpc) is 3.79. The molecule has 6 nitrogen and oxygen atoms in total. The van der Waals surface area contributed by atoms with Crippen LogP contribution in [0.5, 0.6) is 0 Å². The van der Waals surface area contributed by atoms with Crippen LogP contribution < -0.4 is 0 Å². The third kappa shape index (κ3) is 15.0. The minimum atomic E-state index is -0.181. The van der Waals surface area contributed by atoms with Gasteiger partial charge in [-0.1, -0.05) is 109 Å². The Morgan fingerprint density at radius 2 is 1.14 bits per heavy atom. The molecule has 6 heteroatoms. The molecule has 0 spiro atoms. The number of epoxide rings is 2. The molecule has 0 amide bonds. The van der Waals surface area contributed by atoms with Crippen molar-refractivity contribution < 1.29 is 29.3 Å². The fourth-order valence-electron chi connectivity index (χ4n) is 2.45. The van der Waals surface area contributed by atoms with Crippen LogP contribution in [0.3, 0.4) is 0 Å². The Kier molecular flexibility index (Phi) is 15.3. The fraction of sp³-hybridized carbons (Fsp3) is 0.167. The standard InChI is InChI=1S/C15H14O2.C11H10O.C4H6O2.H2O/c16-14(15-12-17-15)11-7-2-1-4-8-13-9-5-3-6-10-13;12-10-6-2-5-9-11-7-3-1-4-8-11;1-3(5)4-2-6-4;/h1-11,15H,12H2;1-10H;4H,2H2,1H3;1H2/p-1/b2-1+,8-4+,11-7+;6-2+,9-5+;;. The van der Waals surface area contributed by atoms with Gasteiger partial charge in [0, 0.05) is 0 Å². The quantitative estimate of drug-likeness (QED) is 0.212. The molecule has 4 rings (SSSR count). The first-order valence-corrected chi connectivity index (χ1v) is 11.3. The van der Waals surface area contributed by atoms with Gasteiger partial charge in [-0.05, 0) is 30.2 Å². The van der Waals surface area contributed by atoms with Crippen molar-refractivity contribution in [1.82, 2.24) is 0 Å². The molecule has 2 heterocycles. The van der Waals surface area contributed by atoms with Crippen molar-refractivity contribution in [1.29, 1.82) is 0 Å². The Hall–Kier alpha value is -3.97. The van der Waals surface area contributed by atoms with E-state index in [4.69, 9.17) is 4.74 Å². The van der Waals surface area contributed by atoms with E-state index in [-0.39, 0.29) is 29.3 Å². The number of rotatable bonds is 9. The number of aldehydes is 1. The molecule has 2 aromatic carbocycles. The number of ketones is 2. The Labute approximate surface area is 212 Å². The van der Waals surface area contributed by atoms with Gasteiger partial charge in [0.25, 0.3) is 0 Å². The lowest BCUT2D eigenvalue weighted by molar-refractivity contribution is -0.118. The highest BCUT2D eigenvalue weighted by Gasteiger charge is 2.28. The van der Waals surface area contributed by atoms with E-state index in [0.717, 1.165) is 17.4 Å². The molecule has 2 atom stereocenters. The predicted octanol–water partition coefficient (Wildman–Crippen LogP) is 5.03. The smallest absolute Gasteiger partial charge is 0.186 e. The van der Waals surface area contributed by atoms with Crippen LogP contribution in [0.25, 0.3) is 12.2 Å². The third-order valence-corrected chi connectivity index (χ3v) is 4.51. The highest BCUT2D eigenvalue weighted by molar-refractivity contribution is 5.95. The molecule has 2 saturated heterocycles. The van der Waals surface area contributed by atoms with E-state index in [9.17, 15) is 14.4 Å². The Morgan fingerprint density at radius 1 is 0.694 bits per heavy atom. The number of allylic oxidation sites excluding steroid dienone is 7. The first-order chi connectivity index (χ1) is 17.1. The molecule has 0 aromatic heterocycles. The van der Waals surface area contributed by atoms with E-state index < -0.39 is 0 Å². The van der Waals surface area contributed by atoms with Crippen molar-refractivity contribution in [3.63, 3.8) is 0 Å². The number of benzene rings is 2. The molecule has 2 aromatic rings. The number of hydrogen-bond acceptors (Lipinski definition) is 6.